The lowest BCUT2D eigenvalue weighted by atomic mass is 9.97. The van der Waals surface area contributed by atoms with Crippen molar-refractivity contribution in [3.05, 3.63) is 101 Å². The third kappa shape index (κ3) is 10.4. The number of terminal acetylenes is 1. The van der Waals surface area contributed by atoms with E-state index in [-0.39, 0.29) is 0 Å². The average molecular weight is 599 g/mol. The lowest BCUT2D eigenvalue weighted by Gasteiger charge is -2.19. The van der Waals surface area contributed by atoms with E-state index in [0.717, 1.165) is 5.56 Å². The first-order valence-corrected chi connectivity index (χ1v) is 13.1. The Morgan fingerprint density at radius 3 is 2.19 bits per heavy atom. The summed E-state index contributed by atoms with van der Waals surface area (Å²) in [7, 11) is 0. The Bertz CT molecular complexity index is 1400. The molecule has 1 aliphatic rings. The first kappa shape index (κ1) is 33.6. The number of hydrogen-bond donors (Lipinski definition) is 3. The second kappa shape index (κ2) is 16.0. The van der Waals surface area contributed by atoms with E-state index in [2.05, 4.69) is 28.5 Å². The van der Waals surface area contributed by atoms with Gasteiger partial charge < -0.3 is 16.4 Å². The predicted octanol–water partition coefficient (Wildman–Crippen LogP) is 5.65. The molecule has 0 unspecified atom stereocenters. The maximum atomic E-state index is 12.9. The summed E-state index contributed by atoms with van der Waals surface area (Å²) in [6.45, 7) is 1.79. The molecular weight excluding hydrogens is 569 g/mol. The van der Waals surface area contributed by atoms with Crippen LogP contribution in [0.3, 0.4) is 0 Å². The normalized spacial score (nSPS) is 14.6. The van der Waals surface area contributed by atoms with Gasteiger partial charge >= 0.3 is 6.18 Å². The van der Waals surface area contributed by atoms with Crippen LogP contribution in [0.4, 0.5) is 18.9 Å². The summed E-state index contributed by atoms with van der Waals surface area (Å²) >= 11 is 6.13. The van der Waals surface area contributed by atoms with Gasteiger partial charge in [-0.3, -0.25) is 14.4 Å². The summed E-state index contributed by atoms with van der Waals surface area (Å²) in [6.07, 6.45) is -0.518. The summed E-state index contributed by atoms with van der Waals surface area (Å²) in [4.78, 5) is 41.5. The number of carbonyl (C=O) groups excluding carboxylic acids is 3. The number of halogens is 4. The molecule has 2 atom stereocenters. The Morgan fingerprint density at radius 1 is 1.05 bits per heavy atom. The molecule has 0 spiro atoms. The van der Waals surface area contributed by atoms with Crippen molar-refractivity contribution >= 4 is 40.7 Å². The number of rotatable bonds is 7. The number of primary amides is 1. The van der Waals surface area contributed by atoms with Crippen molar-refractivity contribution in [1.29, 1.82) is 0 Å². The first-order valence-electron chi connectivity index (χ1n) is 12.7. The second-order valence-electron chi connectivity index (χ2n) is 9.06. The molecule has 0 aromatic heterocycles. The molecule has 0 saturated heterocycles. The number of amides is 3. The van der Waals surface area contributed by atoms with Gasteiger partial charge in [-0.15, -0.1) is 12.8 Å². The van der Waals surface area contributed by atoms with Gasteiger partial charge in [0.15, 0.2) is 0 Å². The Kier molecular flexibility index (Phi) is 12.8. The minimum absolute atomic E-state index is 0.353. The third-order valence-electron chi connectivity index (χ3n) is 5.92. The summed E-state index contributed by atoms with van der Waals surface area (Å²) < 4.78 is 38.1. The van der Waals surface area contributed by atoms with Crippen molar-refractivity contribution in [3.8, 4) is 12.8 Å². The minimum Gasteiger partial charge on any atom is -0.370 e. The molecule has 7 nitrogen and oxygen atoms in total. The van der Waals surface area contributed by atoms with Gasteiger partial charge in [0.2, 0.25) is 18.0 Å². The number of anilines is 1. The van der Waals surface area contributed by atoms with Crippen molar-refractivity contribution in [3.63, 3.8) is 0 Å². The van der Waals surface area contributed by atoms with E-state index in [0.29, 0.717) is 27.5 Å². The molecule has 0 aliphatic carbocycles. The van der Waals surface area contributed by atoms with E-state index < -0.39 is 55.2 Å². The number of aliphatic imine (C=N–C) groups is 1. The van der Waals surface area contributed by atoms with Crippen molar-refractivity contribution in [1.82, 2.24) is 5.32 Å². The maximum absolute atomic E-state index is 12.9. The zero-order valence-electron chi connectivity index (χ0n) is 22.7. The fraction of sp³-hybridized carbons (Fsp3) is 0.226. The maximum Gasteiger partial charge on any atom is 0.389 e. The number of aryl methyl sites for hydroxylation is 1. The lowest BCUT2D eigenvalue weighted by molar-refractivity contribution is -0.143. The smallest absolute Gasteiger partial charge is 0.370 e. The number of carbonyl (C=O) groups is 3. The van der Waals surface area contributed by atoms with Crippen LogP contribution in [0.2, 0.25) is 5.02 Å². The highest BCUT2D eigenvalue weighted by Gasteiger charge is 2.34. The highest BCUT2D eigenvalue weighted by Crippen LogP contribution is 2.29. The van der Waals surface area contributed by atoms with Crippen LogP contribution < -0.4 is 16.4 Å². The summed E-state index contributed by atoms with van der Waals surface area (Å²) in [5, 5.41) is 5.52. The van der Waals surface area contributed by atoms with E-state index >= 15 is 0 Å². The number of hydrogen-bond acceptors (Lipinski definition) is 4. The summed E-state index contributed by atoms with van der Waals surface area (Å²) in [6, 6.07) is 24.0. The minimum atomic E-state index is -4.52. The van der Waals surface area contributed by atoms with Gasteiger partial charge in [0.05, 0.1) is 11.4 Å². The van der Waals surface area contributed by atoms with Gasteiger partial charge in [0.1, 0.15) is 0 Å². The number of alkyl halides is 3. The summed E-state index contributed by atoms with van der Waals surface area (Å²) in [5.41, 5.74) is 7.85. The molecule has 220 valence electrons. The van der Waals surface area contributed by atoms with Crippen LogP contribution >= 0.6 is 11.6 Å². The molecule has 0 radical (unpaired) electrons. The highest BCUT2D eigenvalue weighted by molar-refractivity contribution is 6.31. The molecule has 0 fully saturated rings. The monoisotopic (exact) mass is 598 g/mol. The number of fused-ring (bicyclic) bond motifs is 1. The predicted molar refractivity (Wildman–Crippen MR) is 158 cm³/mol. The molecule has 0 bridgehead atoms. The topological polar surface area (TPSA) is 114 Å². The Morgan fingerprint density at radius 2 is 1.64 bits per heavy atom. The van der Waals surface area contributed by atoms with Crippen molar-refractivity contribution in [2.45, 2.75) is 38.5 Å². The van der Waals surface area contributed by atoms with Crippen LogP contribution in [-0.4, -0.2) is 35.8 Å². The number of para-hydroxylation sites is 1. The largest absolute Gasteiger partial charge is 0.389 e. The molecule has 3 amide bonds. The van der Waals surface area contributed by atoms with Crippen LogP contribution in [0.1, 0.15) is 36.0 Å². The number of benzene rings is 3. The quantitative estimate of drug-likeness (QED) is 0.305. The van der Waals surface area contributed by atoms with Crippen LogP contribution in [0, 0.1) is 25.7 Å². The van der Waals surface area contributed by atoms with Crippen molar-refractivity contribution in [2.75, 3.05) is 5.32 Å². The van der Waals surface area contributed by atoms with Crippen LogP contribution in [0.5, 0.6) is 0 Å². The van der Waals surface area contributed by atoms with Crippen LogP contribution in [-0.2, 0) is 14.4 Å². The van der Waals surface area contributed by atoms with Gasteiger partial charge in [0, 0.05) is 34.9 Å². The van der Waals surface area contributed by atoms with Gasteiger partial charge in [-0.05, 0) is 31.0 Å². The Labute approximate surface area is 247 Å². The number of nitrogens with two attached hydrogens (primary N) is 1. The molecule has 4 N–H and O–H groups in total. The van der Waals surface area contributed by atoms with Crippen molar-refractivity contribution < 1.29 is 27.6 Å². The molecule has 3 aromatic rings. The average Bonchev–Trinajstić information content (AvgIpc) is 3.09. The van der Waals surface area contributed by atoms with Crippen LogP contribution in [0.25, 0.3) is 0 Å². The Balaban J connectivity index is 0.000000672. The first-order chi connectivity index (χ1) is 19.9. The van der Waals surface area contributed by atoms with E-state index in [1.807, 2.05) is 36.4 Å². The van der Waals surface area contributed by atoms with E-state index in [9.17, 15) is 27.6 Å². The Hall–Kier alpha value is -4.62. The highest BCUT2D eigenvalue weighted by atomic mass is 35.5. The summed E-state index contributed by atoms with van der Waals surface area (Å²) in [5.74, 6) is -3.92. The van der Waals surface area contributed by atoms with Gasteiger partial charge in [-0.2, -0.15) is 13.2 Å². The number of nitrogens with one attached hydrogen (secondary N) is 2. The van der Waals surface area contributed by atoms with Crippen LogP contribution in [0.15, 0.2) is 83.9 Å². The SMILES string of the molecule is C#C.Cc1cccc2c1NC(=O)[C@@H](NC(=O)[C@H](CCC(F)(F)F)CC(N)=O)N=C2c1cccc(Cl)c1.c1ccccc1. The molecule has 1 aliphatic heterocycles. The van der Waals surface area contributed by atoms with Gasteiger partial charge in [-0.1, -0.05) is 78.3 Å². The standard InChI is InChI=1S/C23H22ClF3N4O3.C6H6.C2H2/c1-12-4-2-7-16-18(12)30-22(34)20(29-19(16)13-5-3-6-15(24)10-13)31-21(33)14(11-17(28)32)8-9-23(25,26)27;1-2-4-6-5-3-1;1-2/h2-7,10,14,20H,8-9,11H2,1H3,(H2,28,32)(H,30,34)(H,31,33);1-6H;1-2H/t14-,20-;;/m1../s1. The van der Waals surface area contributed by atoms with Crippen molar-refractivity contribution in [2.24, 2.45) is 16.6 Å². The van der Waals surface area contributed by atoms with Gasteiger partial charge in [-0.25, -0.2) is 4.99 Å². The zero-order valence-corrected chi connectivity index (χ0v) is 23.5. The number of benzodiazepines with no additional fused rings is 1. The zero-order chi connectivity index (χ0) is 31.3. The molecule has 3 aromatic carbocycles. The molecule has 1 heterocycles. The van der Waals surface area contributed by atoms with E-state index in [1.165, 1.54) is 0 Å². The fourth-order valence-electron chi connectivity index (χ4n) is 3.99. The van der Waals surface area contributed by atoms with E-state index in [1.54, 1.807) is 49.4 Å². The molecule has 42 heavy (non-hydrogen) atoms. The molecular formula is C31H30ClF3N4O3. The lowest BCUT2D eigenvalue weighted by Crippen LogP contribution is -2.45. The third-order valence-corrected chi connectivity index (χ3v) is 6.16. The second-order valence-corrected chi connectivity index (χ2v) is 9.50. The van der Waals surface area contributed by atoms with E-state index in [4.69, 9.17) is 17.3 Å². The fourth-order valence-corrected chi connectivity index (χ4v) is 4.18. The number of nitrogens with zero attached hydrogens (tertiary/aromatic N) is 1. The molecule has 11 heteroatoms. The van der Waals surface area contributed by atoms with Gasteiger partial charge in [0.25, 0.3) is 5.91 Å². The molecule has 0 saturated carbocycles. The molecule has 4 rings (SSSR count).